The van der Waals surface area contributed by atoms with Crippen molar-refractivity contribution in [2.75, 3.05) is 10.6 Å². The Bertz CT molecular complexity index is 983. The molecule has 0 aliphatic carbocycles. The van der Waals surface area contributed by atoms with Crippen LogP contribution in [0.2, 0.25) is 5.02 Å². The molecule has 0 unspecified atom stereocenters. The fourth-order valence-corrected chi connectivity index (χ4v) is 2.72. The molecule has 0 radical (unpaired) electrons. The quantitative estimate of drug-likeness (QED) is 0.685. The van der Waals surface area contributed by atoms with Crippen molar-refractivity contribution in [3.05, 3.63) is 71.0 Å². The first-order chi connectivity index (χ1) is 13.0. The predicted molar refractivity (Wildman–Crippen MR) is 107 cm³/mol. The van der Waals surface area contributed by atoms with Crippen LogP contribution in [0.25, 0.3) is 5.69 Å². The van der Waals surface area contributed by atoms with Gasteiger partial charge < -0.3 is 10.6 Å². The number of benzene rings is 2. The molecule has 0 saturated carbocycles. The van der Waals surface area contributed by atoms with Crippen LogP contribution in [-0.4, -0.2) is 21.6 Å². The number of carbonyl (C=O) groups is 2. The molecule has 1 heterocycles. The standard InChI is InChI=1S/C20H19ClN4O2/c1-3-19(26)22-14-9-10-16(21)17(12-14)23-20(27)18-11-13(2)25(24-18)15-7-5-4-6-8-15/h4-12H,3H2,1-2H3,(H,22,26)(H,23,27). The molecule has 0 aliphatic heterocycles. The number of rotatable bonds is 5. The minimum absolute atomic E-state index is 0.119. The lowest BCUT2D eigenvalue weighted by molar-refractivity contribution is -0.115. The number of nitrogens with zero attached hydrogens (tertiary/aromatic N) is 2. The van der Waals surface area contributed by atoms with Crippen LogP contribution in [-0.2, 0) is 4.79 Å². The Morgan fingerprint density at radius 3 is 2.52 bits per heavy atom. The first kappa shape index (κ1) is 18.7. The van der Waals surface area contributed by atoms with E-state index in [2.05, 4.69) is 15.7 Å². The number of aryl methyl sites for hydroxylation is 1. The molecule has 0 atom stereocenters. The lowest BCUT2D eigenvalue weighted by Gasteiger charge is -2.09. The smallest absolute Gasteiger partial charge is 0.276 e. The lowest BCUT2D eigenvalue weighted by atomic mass is 10.2. The highest BCUT2D eigenvalue weighted by Gasteiger charge is 2.15. The monoisotopic (exact) mass is 382 g/mol. The zero-order chi connectivity index (χ0) is 19.4. The van der Waals surface area contributed by atoms with Gasteiger partial charge in [0.2, 0.25) is 5.91 Å². The summed E-state index contributed by atoms with van der Waals surface area (Å²) in [6.07, 6.45) is 0.362. The van der Waals surface area contributed by atoms with E-state index in [1.54, 1.807) is 35.9 Å². The zero-order valence-corrected chi connectivity index (χ0v) is 15.7. The van der Waals surface area contributed by atoms with E-state index in [0.717, 1.165) is 11.4 Å². The van der Waals surface area contributed by atoms with E-state index in [-0.39, 0.29) is 17.5 Å². The third-order valence-corrected chi connectivity index (χ3v) is 4.27. The number of nitrogens with one attached hydrogen (secondary N) is 2. The van der Waals surface area contributed by atoms with Gasteiger partial charge in [0.25, 0.3) is 5.91 Å². The van der Waals surface area contributed by atoms with Gasteiger partial charge in [-0.25, -0.2) is 4.68 Å². The third-order valence-electron chi connectivity index (χ3n) is 3.94. The van der Waals surface area contributed by atoms with Crippen LogP contribution in [0.3, 0.4) is 0 Å². The molecule has 138 valence electrons. The molecule has 0 bridgehead atoms. The largest absolute Gasteiger partial charge is 0.326 e. The van der Waals surface area contributed by atoms with Gasteiger partial charge in [-0.15, -0.1) is 0 Å². The second-order valence-corrected chi connectivity index (χ2v) is 6.38. The van der Waals surface area contributed by atoms with E-state index in [9.17, 15) is 9.59 Å². The Labute approximate surface area is 162 Å². The van der Waals surface area contributed by atoms with Crippen LogP contribution in [0.4, 0.5) is 11.4 Å². The van der Waals surface area contributed by atoms with E-state index >= 15 is 0 Å². The van der Waals surface area contributed by atoms with Crippen molar-refractivity contribution in [1.82, 2.24) is 9.78 Å². The normalized spacial score (nSPS) is 10.5. The SMILES string of the molecule is CCC(=O)Nc1ccc(Cl)c(NC(=O)c2cc(C)n(-c3ccccc3)n2)c1. The summed E-state index contributed by atoms with van der Waals surface area (Å²) in [5.74, 6) is -0.500. The van der Waals surface area contributed by atoms with E-state index < -0.39 is 0 Å². The van der Waals surface area contributed by atoms with Crippen LogP contribution in [0.5, 0.6) is 0 Å². The van der Waals surface area contributed by atoms with Crippen molar-refractivity contribution in [3.63, 3.8) is 0 Å². The van der Waals surface area contributed by atoms with Crippen molar-refractivity contribution in [2.24, 2.45) is 0 Å². The molecule has 0 aliphatic rings. The first-order valence-corrected chi connectivity index (χ1v) is 8.88. The third kappa shape index (κ3) is 4.35. The van der Waals surface area contributed by atoms with Gasteiger partial charge in [0.05, 0.1) is 16.4 Å². The molecule has 2 aromatic carbocycles. The molecular formula is C20H19ClN4O2. The summed E-state index contributed by atoms with van der Waals surface area (Å²) < 4.78 is 1.70. The Hall–Kier alpha value is -3.12. The van der Waals surface area contributed by atoms with Crippen LogP contribution in [0.1, 0.15) is 29.5 Å². The maximum Gasteiger partial charge on any atom is 0.276 e. The molecule has 2 amide bonds. The van der Waals surface area contributed by atoms with Gasteiger partial charge in [-0.05, 0) is 43.3 Å². The van der Waals surface area contributed by atoms with Crippen molar-refractivity contribution >= 4 is 34.8 Å². The molecule has 7 heteroatoms. The van der Waals surface area contributed by atoms with Crippen molar-refractivity contribution in [2.45, 2.75) is 20.3 Å². The van der Waals surface area contributed by atoms with Gasteiger partial charge in [-0.2, -0.15) is 5.10 Å². The van der Waals surface area contributed by atoms with Crippen molar-refractivity contribution in [3.8, 4) is 5.69 Å². The minimum atomic E-state index is -0.381. The molecule has 3 aromatic rings. The predicted octanol–water partition coefficient (Wildman–Crippen LogP) is 4.43. The molecule has 3 rings (SSSR count). The first-order valence-electron chi connectivity index (χ1n) is 8.50. The Kier molecular flexibility index (Phi) is 5.57. The summed E-state index contributed by atoms with van der Waals surface area (Å²) >= 11 is 6.18. The Morgan fingerprint density at radius 1 is 1.07 bits per heavy atom. The molecule has 0 saturated heterocycles. The lowest BCUT2D eigenvalue weighted by Crippen LogP contribution is -2.14. The fraction of sp³-hybridized carbons (Fsp3) is 0.150. The molecule has 2 N–H and O–H groups in total. The highest BCUT2D eigenvalue weighted by atomic mass is 35.5. The van der Waals surface area contributed by atoms with Crippen molar-refractivity contribution < 1.29 is 9.59 Å². The topological polar surface area (TPSA) is 76.0 Å². The van der Waals surface area contributed by atoms with Gasteiger partial charge in [-0.1, -0.05) is 36.7 Å². The summed E-state index contributed by atoms with van der Waals surface area (Å²) in [7, 11) is 0. The summed E-state index contributed by atoms with van der Waals surface area (Å²) in [6, 6.07) is 16.2. The maximum absolute atomic E-state index is 12.6. The van der Waals surface area contributed by atoms with Gasteiger partial charge in [0, 0.05) is 17.8 Å². The second kappa shape index (κ2) is 8.05. The van der Waals surface area contributed by atoms with Gasteiger partial charge in [-0.3, -0.25) is 9.59 Å². The van der Waals surface area contributed by atoms with Crippen LogP contribution < -0.4 is 10.6 Å². The van der Waals surface area contributed by atoms with Gasteiger partial charge >= 0.3 is 0 Å². The Morgan fingerprint density at radius 2 is 1.81 bits per heavy atom. The summed E-state index contributed by atoms with van der Waals surface area (Å²) in [4.78, 5) is 24.2. The van der Waals surface area contributed by atoms with Gasteiger partial charge in [0.1, 0.15) is 0 Å². The molecule has 0 fully saturated rings. The highest BCUT2D eigenvalue weighted by Crippen LogP contribution is 2.26. The van der Waals surface area contributed by atoms with E-state index in [1.807, 2.05) is 37.3 Å². The number of carbonyl (C=O) groups excluding carboxylic acids is 2. The number of halogens is 1. The van der Waals surface area contributed by atoms with Crippen LogP contribution >= 0.6 is 11.6 Å². The zero-order valence-electron chi connectivity index (χ0n) is 15.0. The molecule has 1 aromatic heterocycles. The van der Waals surface area contributed by atoms with E-state index in [0.29, 0.717) is 22.8 Å². The summed E-state index contributed by atoms with van der Waals surface area (Å²) in [5.41, 5.74) is 2.95. The average molecular weight is 383 g/mol. The number of para-hydroxylation sites is 1. The highest BCUT2D eigenvalue weighted by molar-refractivity contribution is 6.34. The summed E-state index contributed by atoms with van der Waals surface area (Å²) in [6.45, 7) is 3.64. The molecule has 0 spiro atoms. The molecule has 6 nitrogen and oxygen atoms in total. The average Bonchev–Trinajstić information content (AvgIpc) is 3.07. The number of amides is 2. The minimum Gasteiger partial charge on any atom is -0.326 e. The molecular weight excluding hydrogens is 364 g/mol. The van der Waals surface area contributed by atoms with E-state index in [1.165, 1.54) is 0 Å². The second-order valence-electron chi connectivity index (χ2n) is 5.97. The summed E-state index contributed by atoms with van der Waals surface area (Å²) in [5, 5.41) is 10.2. The van der Waals surface area contributed by atoms with Crippen LogP contribution in [0, 0.1) is 6.92 Å². The van der Waals surface area contributed by atoms with Gasteiger partial charge in [0.15, 0.2) is 5.69 Å². The number of aromatic nitrogens is 2. The number of anilines is 2. The maximum atomic E-state index is 12.6. The van der Waals surface area contributed by atoms with Crippen LogP contribution in [0.15, 0.2) is 54.6 Å². The molecule has 27 heavy (non-hydrogen) atoms. The van der Waals surface area contributed by atoms with Crippen molar-refractivity contribution in [1.29, 1.82) is 0 Å². The fourth-order valence-electron chi connectivity index (χ4n) is 2.55. The number of hydrogen-bond acceptors (Lipinski definition) is 3. The van der Waals surface area contributed by atoms with E-state index in [4.69, 9.17) is 11.6 Å². The number of hydrogen-bond donors (Lipinski definition) is 2. The Balaban J connectivity index is 1.82.